The second kappa shape index (κ2) is 8.04. The van der Waals surface area contributed by atoms with E-state index in [2.05, 4.69) is 4.98 Å². The molecule has 2 aromatic carbocycles. The summed E-state index contributed by atoms with van der Waals surface area (Å²) in [6, 6.07) is 10.7. The number of fused-ring (bicyclic) bond motifs is 4. The summed E-state index contributed by atoms with van der Waals surface area (Å²) < 4.78 is 53.5. The summed E-state index contributed by atoms with van der Waals surface area (Å²) in [5.74, 6) is -3.34. The average Bonchev–Trinajstić information content (AvgIpc) is 3.32. The lowest BCUT2D eigenvalue weighted by atomic mass is 9.66. The maximum Gasteiger partial charge on any atom is 0.298 e. The fourth-order valence-corrected chi connectivity index (χ4v) is 5.60. The molecule has 2 aromatic heterocycles. The van der Waals surface area contributed by atoms with Crippen molar-refractivity contribution >= 4 is 11.3 Å². The van der Waals surface area contributed by atoms with Gasteiger partial charge in [-0.25, -0.2) is 14.4 Å². The molecule has 2 saturated heterocycles. The van der Waals surface area contributed by atoms with Crippen LogP contribution >= 0.6 is 0 Å². The first-order valence-electron chi connectivity index (χ1n) is 11.9. The molecule has 186 valence electrons. The fourth-order valence-electron chi connectivity index (χ4n) is 5.60. The minimum Gasteiger partial charge on any atom is -0.393 e. The first-order chi connectivity index (χ1) is 17.3. The molecule has 0 spiro atoms. The molecule has 1 aliphatic carbocycles. The van der Waals surface area contributed by atoms with Gasteiger partial charge in [0.25, 0.3) is 5.92 Å². The lowest BCUT2D eigenvalue weighted by molar-refractivity contribution is -0.177. The van der Waals surface area contributed by atoms with Crippen molar-refractivity contribution in [2.45, 2.75) is 42.6 Å². The van der Waals surface area contributed by atoms with Gasteiger partial charge in [-0.3, -0.25) is 4.40 Å². The van der Waals surface area contributed by atoms with E-state index in [9.17, 15) is 5.11 Å². The molecule has 4 aromatic rings. The van der Waals surface area contributed by atoms with E-state index in [4.69, 9.17) is 15.5 Å². The molecule has 2 bridgehead atoms. The van der Waals surface area contributed by atoms with E-state index in [1.54, 1.807) is 18.5 Å². The van der Waals surface area contributed by atoms with Crippen LogP contribution in [-0.4, -0.2) is 38.3 Å². The molecule has 0 atom stereocenters. The molecule has 0 amide bonds. The van der Waals surface area contributed by atoms with Gasteiger partial charge >= 0.3 is 0 Å². The highest BCUT2D eigenvalue weighted by Crippen LogP contribution is 2.51. The Morgan fingerprint density at radius 3 is 2.44 bits per heavy atom. The van der Waals surface area contributed by atoms with E-state index in [0.29, 0.717) is 30.8 Å². The number of imidazole rings is 1. The molecule has 36 heavy (non-hydrogen) atoms. The topological polar surface area (TPSA) is 85.7 Å². The molecule has 7 rings (SSSR count). The number of benzene rings is 2. The standard InChI is InChI=1S/C27H25F3N4O2/c28-20-14-18(27(29,30)17-4-2-1-3-5-17)6-7-19(20)21-22-23(31)32-12-13-34(22)24(33-21)25-8-10-26(15-35,11-9-25)36-16-25/h1-7,12-14,35H,8-11,15-16H2,(H2,31,32). The van der Waals surface area contributed by atoms with Crippen molar-refractivity contribution < 1.29 is 23.0 Å². The molecule has 0 radical (unpaired) electrons. The maximum absolute atomic E-state index is 15.5. The van der Waals surface area contributed by atoms with Crippen LogP contribution in [0.3, 0.4) is 0 Å². The van der Waals surface area contributed by atoms with Gasteiger partial charge in [-0.2, -0.15) is 8.78 Å². The minimum absolute atomic E-state index is 0.0291. The Bertz CT molecular complexity index is 1430. The predicted molar refractivity (Wildman–Crippen MR) is 128 cm³/mol. The van der Waals surface area contributed by atoms with Crippen LogP contribution in [0.2, 0.25) is 0 Å². The highest BCUT2D eigenvalue weighted by molar-refractivity contribution is 5.85. The van der Waals surface area contributed by atoms with Gasteiger partial charge < -0.3 is 15.6 Å². The number of aliphatic hydroxyl groups excluding tert-OH is 1. The van der Waals surface area contributed by atoms with Crippen LogP contribution in [0.4, 0.5) is 19.0 Å². The smallest absolute Gasteiger partial charge is 0.298 e. The molecule has 6 nitrogen and oxygen atoms in total. The van der Waals surface area contributed by atoms with Crippen LogP contribution in [0, 0.1) is 5.82 Å². The largest absolute Gasteiger partial charge is 0.393 e. The van der Waals surface area contributed by atoms with Crippen LogP contribution in [0.1, 0.15) is 42.6 Å². The second-order valence-electron chi connectivity index (χ2n) is 9.86. The number of hydrogen-bond acceptors (Lipinski definition) is 5. The van der Waals surface area contributed by atoms with E-state index >= 15 is 13.2 Å². The summed E-state index contributed by atoms with van der Waals surface area (Å²) in [5, 5.41) is 9.80. The van der Waals surface area contributed by atoms with Crippen molar-refractivity contribution in [1.82, 2.24) is 14.4 Å². The Morgan fingerprint density at radius 2 is 1.81 bits per heavy atom. The van der Waals surface area contributed by atoms with Crippen molar-refractivity contribution in [3.05, 3.63) is 83.7 Å². The van der Waals surface area contributed by atoms with Gasteiger partial charge in [-0.15, -0.1) is 0 Å². The number of nitrogens with zero attached hydrogens (tertiary/aromatic N) is 3. The molecular formula is C27H25F3N4O2. The lowest BCUT2D eigenvalue weighted by Gasteiger charge is -2.51. The third kappa shape index (κ3) is 3.33. The number of nitrogens with two attached hydrogens (primary N) is 1. The Labute approximate surface area is 205 Å². The van der Waals surface area contributed by atoms with Crippen molar-refractivity contribution in [1.29, 1.82) is 0 Å². The molecule has 9 heteroatoms. The Kier molecular flexibility index (Phi) is 5.14. The molecule has 3 aliphatic rings. The quantitative estimate of drug-likeness (QED) is 0.415. The number of hydrogen-bond donors (Lipinski definition) is 2. The summed E-state index contributed by atoms with van der Waals surface area (Å²) in [6.07, 6.45) is 6.15. The van der Waals surface area contributed by atoms with E-state index in [-0.39, 0.29) is 29.2 Å². The number of alkyl halides is 2. The molecule has 4 heterocycles. The Hall–Kier alpha value is -3.43. The molecule has 2 aliphatic heterocycles. The van der Waals surface area contributed by atoms with Crippen molar-refractivity contribution in [2.75, 3.05) is 18.9 Å². The number of aromatic nitrogens is 3. The zero-order valence-corrected chi connectivity index (χ0v) is 19.4. The summed E-state index contributed by atoms with van der Waals surface area (Å²) in [7, 11) is 0. The Morgan fingerprint density at radius 1 is 1.06 bits per heavy atom. The van der Waals surface area contributed by atoms with Crippen molar-refractivity contribution in [3.63, 3.8) is 0 Å². The highest BCUT2D eigenvalue weighted by Gasteiger charge is 2.52. The first-order valence-corrected chi connectivity index (χ1v) is 11.9. The summed E-state index contributed by atoms with van der Waals surface area (Å²) in [4.78, 5) is 9.02. The van der Waals surface area contributed by atoms with Gasteiger partial charge in [0.1, 0.15) is 28.7 Å². The van der Waals surface area contributed by atoms with Crippen molar-refractivity contribution in [2.24, 2.45) is 0 Å². The summed E-state index contributed by atoms with van der Waals surface area (Å²) >= 11 is 0. The number of aliphatic hydroxyl groups is 1. The van der Waals surface area contributed by atoms with Crippen LogP contribution in [0.25, 0.3) is 16.8 Å². The van der Waals surface area contributed by atoms with Crippen LogP contribution in [-0.2, 0) is 16.1 Å². The molecule has 0 unspecified atom stereocenters. The zero-order valence-electron chi connectivity index (χ0n) is 19.4. The lowest BCUT2D eigenvalue weighted by Crippen LogP contribution is -2.55. The van der Waals surface area contributed by atoms with Gasteiger partial charge in [-0.05, 0) is 37.8 Å². The first kappa shape index (κ1) is 23.0. The SMILES string of the molecule is Nc1nccn2c(C34CCC(CO)(CC3)OC4)nc(-c3ccc(C(F)(F)c4ccccc4)cc3F)c12. The Balaban J connectivity index is 1.46. The molecule has 3 N–H and O–H groups in total. The number of anilines is 1. The van der Waals surface area contributed by atoms with Gasteiger partial charge in [-0.1, -0.05) is 36.4 Å². The molecular weight excluding hydrogens is 469 g/mol. The van der Waals surface area contributed by atoms with Gasteiger partial charge in [0, 0.05) is 29.1 Å². The average molecular weight is 495 g/mol. The predicted octanol–water partition coefficient (Wildman–Crippen LogP) is 4.83. The van der Waals surface area contributed by atoms with Crippen LogP contribution in [0.15, 0.2) is 60.9 Å². The number of ether oxygens (including phenoxy) is 1. The number of nitrogen functional groups attached to an aromatic ring is 1. The van der Waals surface area contributed by atoms with Gasteiger partial charge in [0.05, 0.1) is 24.2 Å². The molecule has 3 fully saturated rings. The normalized spacial score (nSPS) is 23.9. The van der Waals surface area contributed by atoms with E-state index < -0.39 is 28.3 Å². The fraction of sp³-hybridized carbons (Fsp3) is 0.333. The number of halogens is 3. The van der Waals surface area contributed by atoms with E-state index in [1.807, 2.05) is 4.40 Å². The maximum atomic E-state index is 15.5. The zero-order chi connectivity index (χ0) is 25.1. The van der Waals surface area contributed by atoms with Crippen molar-refractivity contribution in [3.8, 4) is 11.3 Å². The molecule has 1 saturated carbocycles. The van der Waals surface area contributed by atoms with E-state index in [1.165, 1.54) is 36.4 Å². The number of rotatable bonds is 5. The van der Waals surface area contributed by atoms with Crippen LogP contribution in [0.5, 0.6) is 0 Å². The summed E-state index contributed by atoms with van der Waals surface area (Å²) in [5.41, 5.74) is 5.37. The monoisotopic (exact) mass is 494 g/mol. The van der Waals surface area contributed by atoms with Crippen LogP contribution < -0.4 is 5.73 Å². The van der Waals surface area contributed by atoms with Gasteiger partial charge in [0.2, 0.25) is 0 Å². The van der Waals surface area contributed by atoms with Gasteiger partial charge in [0.15, 0.2) is 0 Å². The summed E-state index contributed by atoms with van der Waals surface area (Å²) in [6.45, 7) is 0.345. The minimum atomic E-state index is -3.36. The highest BCUT2D eigenvalue weighted by atomic mass is 19.3. The third-order valence-electron chi connectivity index (χ3n) is 7.84. The second-order valence-corrected chi connectivity index (χ2v) is 9.86. The third-order valence-corrected chi connectivity index (χ3v) is 7.84. The van der Waals surface area contributed by atoms with E-state index in [0.717, 1.165) is 18.9 Å².